The summed E-state index contributed by atoms with van der Waals surface area (Å²) in [5.74, 6) is 0.603. The van der Waals surface area contributed by atoms with Gasteiger partial charge in [0, 0.05) is 26.2 Å². The minimum absolute atomic E-state index is 0.300. The Morgan fingerprint density at radius 1 is 1.08 bits per heavy atom. The van der Waals surface area contributed by atoms with Crippen molar-refractivity contribution in [3.05, 3.63) is 41.5 Å². The average molecular weight is 548 g/mol. The molecule has 2 aromatic rings. The van der Waals surface area contributed by atoms with Gasteiger partial charge in [-0.3, -0.25) is 9.52 Å². The summed E-state index contributed by atoms with van der Waals surface area (Å²) in [5, 5.41) is 12.0. The fourth-order valence-corrected chi connectivity index (χ4v) is 7.45. The number of hydrogen-bond acceptors (Lipinski definition) is 8. The van der Waals surface area contributed by atoms with Gasteiger partial charge in [0.2, 0.25) is 10.0 Å². The molecule has 0 saturated carbocycles. The summed E-state index contributed by atoms with van der Waals surface area (Å²) in [6.45, 7) is 10.7. The van der Waals surface area contributed by atoms with Crippen molar-refractivity contribution in [2.75, 3.05) is 71.6 Å². The number of aryl methyl sites for hydroxylation is 1. The molecule has 0 spiro atoms. The van der Waals surface area contributed by atoms with E-state index in [-0.39, 0.29) is 5.91 Å². The van der Waals surface area contributed by atoms with Crippen molar-refractivity contribution in [2.45, 2.75) is 32.1 Å². The number of hydrogen-bond donors (Lipinski definition) is 3. The summed E-state index contributed by atoms with van der Waals surface area (Å²) in [6.07, 6.45) is 0. The van der Waals surface area contributed by atoms with Crippen molar-refractivity contribution in [1.29, 1.82) is 0 Å². The quantitative estimate of drug-likeness (QED) is 0.431. The number of carbonyl (C=O) groups excluding carboxylic acids is 1. The van der Waals surface area contributed by atoms with Gasteiger partial charge in [0.05, 0.1) is 50.6 Å². The molecule has 1 amide bonds. The third kappa shape index (κ3) is 7.01. The van der Waals surface area contributed by atoms with Crippen LogP contribution in [0.2, 0.25) is 25.2 Å². The lowest BCUT2D eigenvalue weighted by Gasteiger charge is -2.38. The fraction of sp³-hybridized carbons (Fsp3) is 0.520. The second kappa shape index (κ2) is 11.4. The van der Waals surface area contributed by atoms with Gasteiger partial charge in [0.15, 0.2) is 0 Å². The van der Waals surface area contributed by atoms with Crippen LogP contribution in [0.25, 0.3) is 0 Å². The van der Waals surface area contributed by atoms with Gasteiger partial charge in [-0.25, -0.2) is 13.4 Å². The number of aliphatic hydroxyl groups excluding tert-OH is 1. The lowest BCUT2D eigenvalue weighted by atomic mass is 10.1. The monoisotopic (exact) mass is 547 g/mol. The number of anilines is 4. The number of aromatic nitrogens is 1. The average Bonchev–Trinajstić information content (AvgIpc) is 2.85. The summed E-state index contributed by atoms with van der Waals surface area (Å²) < 4.78 is 32.5. The Morgan fingerprint density at radius 2 is 1.78 bits per heavy atom. The van der Waals surface area contributed by atoms with E-state index in [1.807, 2.05) is 13.0 Å². The van der Waals surface area contributed by atoms with Crippen LogP contribution in [0.1, 0.15) is 15.9 Å². The number of sulfonamides is 1. The van der Waals surface area contributed by atoms with Gasteiger partial charge in [0.1, 0.15) is 11.6 Å². The Kier molecular flexibility index (Phi) is 8.41. The number of rotatable bonds is 8. The third-order valence-corrected chi connectivity index (χ3v) is 11.4. The first-order valence-electron chi connectivity index (χ1n) is 12.7. The summed E-state index contributed by atoms with van der Waals surface area (Å²) in [7, 11) is -4.95. The van der Waals surface area contributed by atoms with Crippen molar-refractivity contribution in [3.63, 3.8) is 0 Å². The van der Waals surface area contributed by atoms with Crippen molar-refractivity contribution >= 4 is 47.0 Å². The zero-order chi connectivity index (χ0) is 26.6. The van der Waals surface area contributed by atoms with E-state index in [2.05, 4.69) is 32.9 Å². The summed E-state index contributed by atoms with van der Waals surface area (Å²) >= 11 is 0. The van der Waals surface area contributed by atoms with Gasteiger partial charge in [-0.2, -0.15) is 0 Å². The second-order valence-corrected chi connectivity index (χ2v) is 17.6. The van der Waals surface area contributed by atoms with Crippen molar-refractivity contribution in [3.8, 4) is 0 Å². The van der Waals surface area contributed by atoms with E-state index >= 15 is 0 Å². The molecule has 37 heavy (non-hydrogen) atoms. The van der Waals surface area contributed by atoms with Crippen LogP contribution in [0.3, 0.4) is 0 Å². The molecule has 0 radical (unpaired) electrons. The molecule has 0 bridgehead atoms. The number of nitrogens with zero attached hydrogens (tertiary/aromatic N) is 3. The van der Waals surface area contributed by atoms with Gasteiger partial charge < -0.3 is 25.0 Å². The molecule has 3 N–H and O–H groups in total. The molecule has 0 unspecified atom stereocenters. The molecule has 202 valence electrons. The molecule has 2 aliphatic rings. The number of pyridine rings is 1. The maximum atomic E-state index is 13.5. The van der Waals surface area contributed by atoms with Gasteiger partial charge in [-0.1, -0.05) is 19.2 Å². The van der Waals surface area contributed by atoms with E-state index in [0.717, 1.165) is 49.6 Å². The van der Waals surface area contributed by atoms with Crippen LogP contribution in [0.15, 0.2) is 30.3 Å². The Morgan fingerprint density at radius 3 is 2.46 bits per heavy atom. The topological polar surface area (TPSA) is 124 Å². The van der Waals surface area contributed by atoms with Crippen LogP contribution < -0.4 is 19.8 Å². The highest BCUT2D eigenvalue weighted by atomic mass is 32.2. The van der Waals surface area contributed by atoms with Gasteiger partial charge in [-0.05, 0) is 48.8 Å². The lowest BCUT2D eigenvalue weighted by molar-refractivity contribution is 0.102. The SMILES string of the molecule is Cc1ccc(NC(=O)c2ccc(NS(=O)(=O)CCO)cc2N2CC[Si](C)(C)CC2)nc1N1CCOCC1. The highest BCUT2D eigenvalue weighted by Crippen LogP contribution is 2.32. The number of aliphatic hydroxyl groups is 1. The van der Waals surface area contributed by atoms with Crippen molar-refractivity contribution < 1.29 is 23.1 Å². The molecular weight excluding hydrogens is 510 g/mol. The number of carbonyl (C=O) groups is 1. The maximum absolute atomic E-state index is 13.5. The summed E-state index contributed by atoms with van der Waals surface area (Å²) in [4.78, 5) is 22.6. The lowest BCUT2D eigenvalue weighted by Crippen LogP contribution is -2.43. The molecule has 0 atom stereocenters. The molecular formula is C25H37N5O5SSi. The number of amides is 1. The van der Waals surface area contributed by atoms with Crippen LogP contribution in [0.4, 0.5) is 23.0 Å². The molecule has 10 nitrogen and oxygen atoms in total. The molecule has 2 aliphatic heterocycles. The number of benzene rings is 1. The summed E-state index contributed by atoms with van der Waals surface area (Å²) in [5.41, 5.74) is 2.54. The largest absolute Gasteiger partial charge is 0.395 e. The Bertz CT molecular complexity index is 1220. The predicted molar refractivity (Wildman–Crippen MR) is 150 cm³/mol. The summed E-state index contributed by atoms with van der Waals surface area (Å²) in [6, 6.07) is 10.9. The van der Waals surface area contributed by atoms with E-state index < -0.39 is 30.5 Å². The highest BCUT2D eigenvalue weighted by Gasteiger charge is 2.29. The molecule has 3 heterocycles. The third-order valence-electron chi connectivity index (χ3n) is 6.96. The second-order valence-electron chi connectivity index (χ2n) is 10.4. The first-order chi connectivity index (χ1) is 17.6. The number of nitrogens with one attached hydrogen (secondary N) is 2. The predicted octanol–water partition coefficient (Wildman–Crippen LogP) is 2.74. The van der Waals surface area contributed by atoms with E-state index in [1.54, 1.807) is 24.3 Å². The maximum Gasteiger partial charge on any atom is 0.258 e. The minimum Gasteiger partial charge on any atom is -0.395 e. The highest BCUT2D eigenvalue weighted by molar-refractivity contribution is 7.92. The first kappa shape index (κ1) is 27.4. The van der Waals surface area contributed by atoms with Crippen LogP contribution >= 0.6 is 0 Å². The van der Waals surface area contributed by atoms with E-state index in [9.17, 15) is 13.2 Å². The Labute approximate surface area is 220 Å². The van der Waals surface area contributed by atoms with Crippen LogP contribution in [-0.2, 0) is 14.8 Å². The van der Waals surface area contributed by atoms with E-state index in [4.69, 9.17) is 14.8 Å². The molecule has 0 aliphatic carbocycles. The first-order valence-corrected chi connectivity index (χ1v) is 17.8. The molecule has 4 rings (SSSR count). The van der Waals surface area contributed by atoms with E-state index in [0.29, 0.717) is 36.0 Å². The zero-order valence-electron chi connectivity index (χ0n) is 21.8. The number of ether oxygens (including phenoxy) is 1. The van der Waals surface area contributed by atoms with E-state index in [1.165, 1.54) is 0 Å². The number of morpholine rings is 1. The minimum atomic E-state index is -3.69. The van der Waals surface area contributed by atoms with Crippen LogP contribution in [0.5, 0.6) is 0 Å². The van der Waals surface area contributed by atoms with Crippen LogP contribution in [-0.4, -0.2) is 84.2 Å². The van der Waals surface area contributed by atoms with Crippen LogP contribution in [0, 0.1) is 6.92 Å². The molecule has 2 saturated heterocycles. The molecule has 2 fully saturated rings. The zero-order valence-corrected chi connectivity index (χ0v) is 23.6. The smallest absolute Gasteiger partial charge is 0.258 e. The van der Waals surface area contributed by atoms with Crippen molar-refractivity contribution in [1.82, 2.24) is 4.98 Å². The van der Waals surface area contributed by atoms with Crippen molar-refractivity contribution in [2.24, 2.45) is 0 Å². The standard InChI is InChI=1S/C25H37N5O5SSi/c1-19-4-7-23(26-24(19)30-8-13-35-14-9-30)27-25(32)21-6-5-20(28-36(33,34)15-12-31)18-22(21)29-10-16-37(2,3)17-11-29/h4-7,18,28,31H,8-17H2,1-3H3,(H,26,27,32). The Hall–Kier alpha value is -2.67. The molecule has 1 aromatic heterocycles. The van der Waals surface area contributed by atoms with Gasteiger partial charge in [0.25, 0.3) is 5.91 Å². The Balaban J connectivity index is 1.61. The fourth-order valence-electron chi connectivity index (χ4n) is 4.62. The molecule has 1 aromatic carbocycles. The van der Waals surface area contributed by atoms with Gasteiger partial charge >= 0.3 is 0 Å². The normalized spacial score (nSPS) is 17.9. The molecule has 12 heteroatoms. The van der Waals surface area contributed by atoms with Gasteiger partial charge in [-0.15, -0.1) is 0 Å².